The predicted molar refractivity (Wildman–Crippen MR) is 92.9 cm³/mol. The molecule has 1 aliphatic heterocycles. The van der Waals surface area contributed by atoms with E-state index in [2.05, 4.69) is 12.1 Å². The van der Waals surface area contributed by atoms with Gasteiger partial charge in [-0.1, -0.05) is 36.4 Å². The fourth-order valence-corrected chi connectivity index (χ4v) is 3.85. The Labute approximate surface area is 142 Å². The Hall–Kier alpha value is -2.18. The van der Waals surface area contributed by atoms with Crippen molar-refractivity contribution in [2.24, 2.45) is 5.14 Å². The minimum Gasteiger partial charge on any atom is -0.332 e. The van der Waals surface area contributed by atoms with Crippen molar-refractivity contribution in [1.82, 2.24) is 4.90 Å². The minimum atomic E-state index is -3.57. The van der Waals surface area contributed by atoms with Crippen molar-refractivity contribution in [3.05, 3.63) is 70.8 Å². The molecule has 3 rings (SSSR count). The Morgan fingerprint density at radius 3 is 2.50 bits per heavy atom. The summed E-state index contributed by atoms with van der Waals surface area (Å²) in [6, 6.07) is 14.8. The van der Waals surface area contributed by atoms with Gasteiger partial charge in [-0.25, -0.2) is 13.6 Å². The molecule has 0 saturated heterocycles. The summed E-state index contributed by atoms with van der Waals surface area (Å²) in [6.07, 6.45) is 0.843. The second kappa shape index (κ2) is 6.37. The van der Waals surface area contributed by atoms with E-state index in [1.165, 1.54) is 11.1 Å². The molecule has 1 heterocycles. The molecule has 1 amide bonds. The van der Waals surface area contributed by atoms with E-state index in [0.29, 0.717) is 17.7 Å². The summed E-state index contributed by atoms with van der Waals surface area (Å²) >= 11 is 0. The average Bonchev–Trinajstić information content (AvgIpc) is 2.54. The summed E-state index contributed by atoms with van der Waals surface area (Å²) in [5, 5.41) is 5.04. The number of benzene rings is 2. The maximum Gasteiger partial charge on any atom is 0.254 e. The van der Waals surface area contributed by atoms with Crippen molar-refractivity contribution >= 4 is 15.9 Å². The summed E-state index contributed by atoms with van der Waals surface area (Å²) in [4.78, 5) is 14.7. The smallest absolute Gasteiger partial charge is 0.254 e. The maximum atomic E-state index is 12.8. The normalized spacial score (nSPS) is 17.4. The molecule has 0 fully saturated rings. The van der Waals surface area contributed by atoms with Gasteiger partial charge in [0.2, 0.25) is 10.0 Å². The van der Waals surface area contributed by atoms with Gasteiger partial charge in [0.1, 0.15) is 0 Å². The first-order chi connectivity index (χ1) is 11.3. The number of amides is 1. The van der Waals surface area contributed by atoms with Crippen molar-refractivity contribution < 1.29 is 13.2 Å². The second-order valence-corrected chi connectivity index (χ2v) is 7.74. The summed E-state index contributed by atoms with van der Waals surface area (Å²) in [5.74, 6) is -0.270. The van der Waals surface area contributed by atoms with Crippen LogP contribution in [0.3, 0.4) is 0 Å². The number of nitrogens with zero attached hydrogens (tertiary/aromatic N) is 1. The number of carbonyl (C=O) groups excluding carboxylic acids is 1. The summed E-state index contributed by atoms with van der Waals surface area (Å²) in [5.41, 5.74) is 3.60. The van der Waals surface area contributed by atoms with E-state index in [9.17, 15) is 13.2 Å². The van der Waals surface area contributed by atoms with Gasteiger partial charge in [-0.05, 0) is 42.2 Å². The van der Waals surface area contributed by atoms with Gasteiger partial charge in [-0.15, -0.1) is 0 Å². The van der Waals surface area contributed by atoms with E-state index < -0.39 is 10.0 Å². The van der Waals surface area contributed by atoms with E-state index in [1.54, 1.807) is 24.3 Å². The highest BCUT2D eigenvalue weighted by Gasteiger charge is 2.27. The first kappa shape index (κ1) is 16.7. The van der Waals surface area contributed by atoms with Gasteiger partial charge >= 0.3 is 0 Å². The number of carbonyl (C=O) groups is 1. The van der Waals surface area contributed by atoms with Crippen LogP contribution >= 0.6 is 0 Å². The fraction of sp³-hybridized carbons (Fsp3) is 0.278. The molecule has 0 bridgehead atoms. The Morgan fingerprint density at radius 1 is 1.17 bits per heavy atom. The lowest BCUT2D eigenvalue weighted by Crippen LogP contribution is -2.38. The lowest BCUT2D eigenvalue weighted by atomic mass is 9.93. The SMILES string of the molecule is C[C@@H]1c2ccccc2CCN1C(=O)c1ccc(CS(N)(=O)=O)cc1. The Balaban J connectivity index is 1.80. The number of hydrogen-bond acceptors (Lipinski definition) is 3. The maximum absolute atomic E-state index is 12.8. The molecule has 2 aromatic rings. The molecule has 0 spiro atoms. The number of sulfonamides is 1. The number of primary sulfonamides is 1. The molecule has 1 aliphatic rings. The molecule has 1 atom stereocenters. The van der Waals surface area contributed by atoms with Crippen molar-refractivity contribution in [3.8, 4) is 0 Å². The second-order valence-electron chi connectivity index (χ2n) is 6.13. The molecular weight excluding hydrogens is 324 g/mol. The topological polar surface area (TPSA) is 80.5 Å². The van der Waals surface area contributed by atoms with Gasteiger partial charge in [0.25, 0.3) is 5.91 Å². The lowest BCUT2D eigenvalue weighted by Gasteiger charge is -2.35. The van der Waals surface area contributed by atoms with Gasteiger partial charge < -0.3 is 4.90 Å². The van der Waals surface area contributed by atoms with Crippen LogP contribution in [-0.4, -0.2) is 25.8 Å². The van der Waals surface area contributed by atoms with Crippen LogP contribution < -0.4 is 5.14 Å². The van der Waals surface area contributed by atoms with Crippen LogP contribution in [0.5, 0.6) is 0 Å². The fourth-order valence-electron chi connectivity index (χ4n) is 3.19. The lowest BCUT2D eigenvalue weighted by molar-refractivity contribution is 0.0677. The Bertz CT molecular complexity index is 860. The number of fused-ring (bicyclic) bond motifs is 1. The van der Waals surface area contributed by atoms with Crippen LogP contribution in [0, 0.1) is 0 Å². The average molecular weight is 344 g/mol. The van der Waals surface area contributed by atoms with E-state index in [4.69, 9.17) is 5.14 Å². The van der Waals surface area contributed by atoms with E-state index >= 15 is 0 Å². The van der Waals surface area contributed by atoms with Crippen LogP contribution in [0.1, 0.15) is 40.0 Å². The number of nitrogens with two attached hydrogens (primary N) is 1. The quantitative estimate of drug-likeness (QED) is 0.927. The first-order valence-corrected chi connectivity index (χ1v) is 9.55. The van der Waals surface area contributed by atoms with E-state index in [-0.39, 0.29) is 17.7 Å². The van der Waals surface area contributed by atoms with Crippen molar-refractivity contribution in [2.45, 2.75) is 25.1 Å². The largest absolute Gasteiger partial charge is 0.332 e. The predicted octanol–water partition coefficient (Wildman–Crippen LogP) is 2.23. The number of rotatable bonds is 3. The molecule has 6 heteroatoms. The highest BCUT2D eigenvalue weighted by molar-refractivity contribution is 7.88. The molecule has 0 radical (unpaired) electrons. The molecule has 0 unspecified atom stereocenters. The molecule has 2 N–H and O–H groups in total. The third kappa shape index (κ3) is 3.49. The molecule has 0 aliphatic carbocycles. The van der Waals surface area contributed by atoms with Crippen molar-refractivity contribution in [1.29, 1.82) is 0 Å². The molecule has 24 heavy (non-hydrogen) atoms. The van der Waals surface area contributed by atoms with Crippen LogP contribution in [0.25, 0.3) is 0 Å². The van der Waals surface area contributed by atoms with Gasteiger partial charge in [-0.2, -0.15) is 0 Å². The first-order valence-electron chi connectivity index (χ1n) is 7.83. The van der Waals surface area contributed by atoms with Crippen LogP contribution in [0.15, 0.2) is 48.5 Å². The molecule has 0 aromatic heterocycles. The Morgan fingerprint density at radius 2 is 1.83 bits per heavy atom. The van der Waals surface area contributed by atoms with Crippen LogP contribution in [-0.2, 0) is 22.2 Å². The highest BCUT2D eigenvalue weighted by atomic mass is 32.2. The zero-order chi connectivity index (χ0) is 17.3. The van der Waals surface area contributed by atoms with Gasteiger partial charge in [0, 0.05) is 12.1 Å². The number of hydrogen-bond donors (Lipinski definition) is 1. The third-order valence-corrected chi connectivity index (χ3v) is 5.16. The van der Waals surface area contributed by atoms with Gasteiger partial charge in [-0.3, -0.25) is 4.79 Å². The van der Waals surface area contributed by atoms with Gasteiger partial charge in [0.05, 0.1) is 11.8 Å². The third-order valence-electron chi connectivity index (χ3n) is 4.42. The summed E-state index contributed by atoms with van der Waals surface area (Å²) < 4.78 is 22.3. The zero-order valence-corrected chi connectivity index (χ0v) is 14.3. The molecule has 2 aromatic carbocycles. The monoisotopic (exact) mass is 344 g/mol. The van der Waals surface area contributed by atoms with Crippen LogP contribution in [0.2, 0.25) is 0 Å². The van der Waals surface area contributed by atoms with E-state index in [1.807, 2.05) is 24.0 Å². The zero-order valence-electron chi connectivity index (χ0n) is 13.5. The summed E-state index contributed by atoms with van der Waals surface area (Å²) in [7, 11) is -3.57. The highest BCUT2D eigenvalue weighted by Crippen LogP contribution is 2.30. The van der Waals surface area contributed by atoms with Crippen LogP contribution in [0.4, 0.5) is 0 Å². The van der Waals surface area contributed by atoms with Gasteiger partial charge in [0.15, 0.2) is 0 Å². The molecule has 0 saturated carbocycles. The Kier molecular flexibility index (Phi) is 4.43. The molecule has 5 nitrogen and oxygen atoms in total. The molecule has 126 valence electrons. The molecular formula is C18H20N2O3S. The van der Waals surface area contributed by atoms with Crippen molar-refractivity contribution in [3.63, 3.8) is 0 Å². The van der Waals surface area contributed by atoms with Crippen molar-refractivity contribution in [2.75, 3.05) is 6.54 Å². The minimum absolute atomic E-state index is 0.0200. The van der Waals surface area contributed by atoms with E-state index in [0.717, 1.165) is 6.42 Å². The summed E-state index contributed by atoms with van der Waals surface area (Å²) in [6.45, 7) is 2.71. The standard InChI is InChI=1S/C18H20N2O3S/c1-13-17-5-3-2-4-15(17)10-11-20(13)18(21)16-8-6-14(7-9-16)12-24(19,22)23/h2-9,13H,10-12H2,1H3,(H2,19,22,23)/t13-/m1/s1.